The van der Waals surface area contributed by atoms with Gasteiger partial charge in [0.2, 0.25) is 10.0 Å². The highest BCUT2D eigenvalue weighted by atomic mass is 32.2. The van der Waals surface area contributed by atoms with Crippen molar-refractivity contribution in [3.63, 3.8) is 0 Å². The van der Waals surface area contributed by atoms with Crippen molar-refractivity contribution in [3.8, 4) is 0 Å². The Morgan fingerprint density at radius 2 is 1.88 bits per heavy atom. The van der Waals surface area contributed by atoms with Crippen LogP contribution in [-0.2, 0) is 14.8 Å². The maximum Gasteiger partial charge on any atom is 0.215 e. The number of aliphatic imine (C=N–C) groups is 1. The number of guanidine groups is 1. The van der Waals surface area contributed by atoms with Gasteiger partial charge in [-0.05, 0) is 19.3 Å². The molecular formula is C18H36N4O3S. The number of morpholine rings is 1. The van der Waals surface area contributed by atoms with Gasteiger partial charge in [-0.2, -0.15) is 4.31 Å². The largest absolute Gasteiger partial charge is 0.379 e. The van der Waals surface area contributed by atoms with E-state index >= 15 is 0 Å². The second kappa shape index (κ2) is 11.8. The average molecular weight is 389 g/mol. The normalized spacial score (nSPS) is 20.4. The Balaban J connectivity index is 1.65. The van der Waals surface area contributed by atoms with E-state index < -0.39 is 10.0 Å². The van der Waals surface area contributed by atoms with Crippen LogP contribution >= 0.6 is 0 Å². The van der Waals surface area contributed by atoms with Crippen LogP contribution in [0, 0.1) is 5.92 Å². The van der Waals surface area contributed by atoms with Gasteiger partial charge in [0.1, 0.15) is 0 Å². The zero-order valence-electron chi connectivity index (χ0n) is 16.2. The molecule has 0 radical (unpaired) electrons. The molecule has 1 heterocycles. The van der Waals surface area contributed by atoms with Crippen molar-refractivity contribution in [2.75, 3.05) is 51.7 Å². The summed E-state index contributed by atoms with van der Waals surface area (Å²) in [6.45, 7) is 5.82. The van der Waals surface area contributed by atoms with Crippen LogP contribution in [-0.4, -0.2) is 70.4 Å². The molecule has 0 atom stereocenters. The molecule has 0 spiro atoms. The number of unbranched alkanes of at least 4 members (excludes halogenated alkanes) is 1. The lowest BCUT2D eigenvalue weighted by Crippen LogP contribution is -2.45. The summed E-state index contributed by atoms with van der Waals surface area (Å²) in [5.74, 6) is 1.74. The van der Waals surface area contributed by atoms with Crippen molar-refractivity contribution in [1.29, 1.82) is 0 Å². The van der Waals surface area contributed by atoms with Crippen LogP contribution in [0.1, 0.15) is 51.9 Å². The maximum absolute atomic E-state index is 12.3. The Morgan fingerprint density at radius 3 is 2.58 bits per heavy atom. The van der Waals surface area contributed by atoms with Gasteiger partial charge >= 0.3 is 0 Å². The first kappa shape index (κ1) is 21.4. The maximum atomic E-state index is 12.3. The number of sulfonamides is 1. The van der Waals surface area contributed by atoms with E-state index in [0.29, 0.717) is 38.8 Å². The molecule has 26 heavy (non-hydrogen) atoms. The third-order valence-electron chi connectivity index (χ3n) is 5.13. The van der Waals surface area contributed by atoms with Gasteiger partial charge in [-0.1, -0.05) is 38.5 Å². The van der Waals surface area contributed by atoms with E-state index in [9.17, 15) is 8.42 Å². The predicted molar refractivity (Wildman–Crippen MR) is 106 cm³/mol. The molecule has 0 unspecified atom stereocenters. The van der Waals surface area contributed by atoms with Crippen LogP contribution in [0.4, 0.5) is 0 Å². The summed E-state index contributed by atoms with van der Waals surface area (Å²) < 4.78 is 31.4. The Kier molecular flexibility index (Phi) is 9.71. The van der Waals surface area contributed by atoms with Gasteiger partial charge in [0.05, 0.1) is 19.0 Å². The second-order valence-electron chi connectivity index (χ2n) is 7.16. The van der Waals surface area contributed by atoms with Crippen molar-refractivity contribution < 1.29 is 13.2 Å². The van der Waals surface area contributed by atoms with Crippen molar-refractivity contribution in [3.05, 3.63) is 0 Å². The molecule has 0 aromatic carbocycles. The van der Waals surface area contributed by atoms with E-state index in [-0.39, 0.29) is 5.75 Å². The third kappa shape index (κ3) is 7.80. The first-order valence-electron chi connectivity index (χ1n) is 10.2. The van der Waals surface area contributed by atoms with Crippen molar-refractivity contribution in [1.82, 2.24) is 14.9 Å². The fourth-order valence-electron chi connectivity index (χ4n) is 3.63. The van der Waals surface area contributed by atoms with Crippen LogP contribution in [0.5, 0.6) is 0 Å². The van der Waals surface area contributed by atoms with Crippen molar-refractivity contribution in [2.24, 2.45) is 10.9 Å². The summed E-state index contributed by atoms with van der Waals surface area (Å²) >= 11 is 0. The summed E-state index contributed by atoms with van der Waals surface area (Å²) in [5.41, 5.74) is 0. The number of hydrogen-bond donors (Lipinski definition) is 2. The van der Waals surface area contributed by atoms with Gasteiger partial charge in [0.15, 0.2) is 5.96 Å². The molecule has 1 saturated heterocycles. The Labute approximate surface area is 159 Å². The molecule has 1 saturated carbocycles. The van der Waals surface area contributed by atoms with Gasteiger partial charge in [-0.3, -0.25) is 4.99 Å². The summed E-state index contributed by atoms with van der Waals surface area (Å²) in [6, 6.07) is 0. The molecule has 2 aliphatic rings. The lowest BCUT2D eigenvalue weighted by atomic mass is 10.0. The van der Waals surface area contributed by atoms with Gasteiger partial charge in [0, 0.05) is 32.7 Å². The zero-order chi connectivity index (χ0) is 18.7. The van der Waals surface area contributed by atoms with Crippen LogP contribution < -0.4 is 10.6 Å². The second-order valence-corrected chi connectivity index (χ2v) is 9.25. The molecular weight excluding hydrogens is 352 g/mol. The molecule has 7 nitrogen and oxygen atoms in total. The van der Waals surface area contributed by atoms with Gasteiger partial charge in [0.25, 0.3) is 0 Å². The quantitative estimate of drug-likeness (QED) is 0.337. The van der Waals surface area contributed by atoms with E-state index in [2.05, 4.69) is 15.6 Å². The monoisotopic (exact) mass is 388 g/mol. The molecule has 0 aromatic rings. The highest BCUT2D eigenvalue weighted by Gasteiger charge is 2.23. The molecule has 152 valence electrons. The smallest absolute Gasteiger partial charge is 0.215 e. The molecule has 0 amide bonds. The van der Waals surface area contributed by atoms with Crippen LogP contribution in [0.2, 0.25) is 0 Å². The lowest BCUT2D eigenvalue weighted by Gasteiger charge is -2.26. The van der Waals surface area contributed by atoms with Crippen LogP contribution in [0.15, 0.2) is 4.99 Å². The molecule has 2 N–H and O–H groups in total. The molecule has 2 rings (SSSR count). The first-order chi connectivity index (χ1) is 12.6. The minimum Gasteiger partial charge on any atom is -0.379 e. The topological polar surface area (TPSA) is 83.0 Å². The zero-order valence-corrected chi connectivity index (χ0v) is 17.0. The van der Waals surface area contributed by atoms with E-state index in [0.717, 1.165) is 25.4 Å². The number of nitrogens with zero attached hydrogens (tertiary/aromatic N) is 2. The number of hydrogen-bond acceptors (Lipinski definition) is 4. The Hall–Kier alpha value is -0.860. The number of nitrogens with one attached hydrogen (secondary N) is 2. The van der Waals surface area contributed by atoms with Gasteiger partial charge in [-0.25, -0.2) is 8.42 Å². The Morgan fingerprint density at radius 1 is 1.15 bits per heavy atom. The number of ether oxygens (including phenoxy) is 1. The molecule has 0 aromatic heterocycles. The van der Waals surface area contributed by atoms with Crippen LogP contribution in [0.25, 0.3) is 0 Å². The van der Waals surface area contributed by atoms with E-state index in [1.165, 1.54) is 42.8 Å². The SMILES string of the molecule is CCNC(=NCCCCC1CCCC1)NCCS(=O)(=O)N1CCOCC1. The molecule has 1 aliphatic heterocycles. The number of rotatable bonds is 10. The predicted octanol–water partition coefficient (Wildman–Crippen LogP) is 1.56. The minimum absolute atomic E-state index is 0.0824. The fourth-order valence-corrected chi connectivity index (χ4v) is 4.95. The van der Waals surface area contributed by atoms with Gasteiger partial charge < -0.3 is 15.4 Å². The summed E-state index contributed by atoms with van der Waals surface area (Å²) in [6.07, 6.45) is 9.29. The fraction of sp³-hybridized carbons (Fsp3) is 0.944. The first-order valence-corrected chi connectivity index (χ1v) is 11.8. The molecule has 1 aliphatic carbocycles. The summed E-state index contributed by atoms with van der Waals surface area (Å²) in [4.78, 5) is 4.58. The molecule has 2 fully saturated rings. The minimum atomic E-state index is -3.22. The standard InChI is InChI=1S/C18H36N4O3S/c1-2-19-18(20-10-6-5-9-17-7-3-4-8-17)21-11-16-26(23,24)22-12-14-25-15-13-22/h17H,2-16H2,1H3,(H2,19,20,21). The average Bonchev–Trinajstić information content (AvgIpc) is 3.15. The highest BCUT2D eigenvalue weighted by Crippen LogP contribution is 2.28. The Bertz CT molecular complexity index is 513. The third-order valence-corrected chi connectivity index (χ3v) is 7.00. The highest BCUT2D eigenvalue weighted by molar-refractivity contribution is 7.89. The lowest BCUT2D eigenvalue weighted by molar-refractivity contribution is 0.0730. The molecule has 8 heteroatoms. The van der Waals surface area contributed by atoms with Crippen molar-refractivity contribution in [2.45, 2.75) is 51.9 Å². The van der Waals surface area contributed by atoms with E-state index in [1.54, 1.807) is 0 Å². The van der Waals surface area contributed by atoms with Gasteiger partial charge in [-0.15, -0.1) is 0 Å². The van der Waals surface area contributed by atoms with E-state index in [1.807, 2.05) is 6.92 Å². The van der Waals surface area contributed by atoms with Crippen LogP contribution in [0.3, 0.4) is 0 Å². The van der Waals surface area contributed by atoms with Crippen molar-refractivity contribution >= 4 is 16.0 Å². The van der Waals surface area contributed by atoms with E-state index in [4.69, 9.17) is 4.74 Å². The molecule has 0 bridgehead atoms. The summed E-state index contributed by atoms with van der Waals surface area (Å²) in [5, 5.41) is 6.34. The summed E-state index contributed by atoms with van der Waals surface area (Å²) in [7, 11) is -3.22.